The Morgan fingerprint density at radius 3 is 2.95 bits per heavy atom. The number of carbonyl (C=O) groups excluding carboxylic acids is 2. The van der Waals surface area contributed by atoms with Gasteiger partial charge in [0.1, 0.15) is 18.0 Å². The van der Waals surface area contributed by atoms with E-state index in [9.17, 15) is 9.59 Å². The van der Waals surface area contributed by atoms with Crippen molar-refractivity contribution in [2.24, 2.45) is 0 Å². The van der Waals surface area contributed by atoms with Crippen LogP contribution in [0.4, 0.5) is 15.0 Å². The fraction of sp³-hybridized carbons (Fsp3) is 0.269. The summed E-state index contributed by atoms with van der Waals surface area (Å²) in [6.45, 7) is 1.95. The Labute approximate surface area is 232 Å². The van der Waals surface area contributed by atoms with Crippen LogP contribution >= 0.6 is 11.6 Å². The maximum atomic E-state index is 15.3. The first-order valence-electron chi connectivity index (χ1n) is 12.6. The van der Waals surface area contributed by atoms with Gasteiger partial charge in [-0.2, -0.15) is 4.68 Å². The van der Waals surface area contributed by atoms with Gasteiger partial charge in [-0.25, -0.2) is 19.2 Å². The Bertz CT molecular complexity index is 1620. The molecule has 0 spiro atoms. The van der Waals surface area contributed by atoms with Crippen molar-refractivity contribution in [2.75, 3.05) is 11.9 Å². The molecule has 0 saturated carbocycles. The fourth-order valence-electron chi connectivity index (χ4n) is 5.33. The number of pyridine rings is 1. The number of rotatable bonds is 6. The number of fused-ring (bicyclic) bond motifs is 1. The number of imidazole rings is 1. The number of hydrogen-bond donors (Lipinski definition) is 2. The smallest absolute Gasteiger partial charge is 0.412 e. The van der Waals surface area contributed by atoms with Gasteiger partial charge in [-0.05, 0) is 66.5 Å². The number of halogens is 2. The second kappa shape index (κ2) is 10.5. The first kappa shape index (κ1) is 25.6. The summed E-state index contributed by atoms with van der Waals surface area (Å²) in [6.07, 6.45) is 7.21. The van der Waals surface area contributed by atoms with Crippen molar-refractivity contribution in [1.29, 1.82) is 0 Å². The minimum Gasteiger partial charge on any atom is -0.450 e. The Morgan fingerprint density at radius 2 is 2.15 bits per heavy atom. The van der Waals surface area contributed by atoms with E-state index in [1.54, 1.807) is 42.4 Å². The number of ether oxygens (including phenoxy) is 1. The molecule has 12 nitrogen and oxygen atoms in total. The minimum atomic E-state index is -0.629. The highest BCUT2D eigenvalue weighted by atomic mass is 35.5. The van der Waals surface area contributed by atoms with Crippen LogP contribution in [0.2, 0.25) is 5.02 Å². The molecule has 2 aliphatic rings. The van der Waals surface area contributed by atoms with Crippen molar-refractivity contribution in [3.63, 3.8) is 0 Å². The summed E-state index contributed by atoms with van der Waals surface area (Å²) in [6, 6.07) is 6.14. The third kappa shape index (κ3) is 4.57. The van der Waals surface area contributed by atoms with Crippen molar-refractivity contribution < 1.29 is 18.7 Å². The lowest BCUT2D eigenvalue weighted by Gasteiger charge is -2.33. The van der Waals surface area contributed by atoms with Crippen LogP contribution in [-0.4, -0.2) is 64.7 Å². The first-order chi connectivity index (χ1) is 19.4. The maximum Gasteiger partial charge on any atom is 0.412 e. The standard InChI is InChI=1S/C26H23ClFN9O3/c1-2-40-26(39)33-24-16(4-3-9-29-24)18-12-30-25(32-18)20-7-5-15-10-14(11-21(38)37(15)20)22-19(36-13-31-34-35-36)8-6-17(27)23(22)28/h3-4,6,8-9,11-13,15,20H,2,5,7,10H2,1H3,(H,30,32)(H,29,33,39)/t15-,20-/m0/s1. The van der Waals surface area contributed by atoms with E-state index in [0.717, 1.165) is 0 Å². The molecule has 2 amide bonds. The number of aromatic amines is 1. The van der Waals surface area contributed by atoms with E-state index in [4.69, 9.17) is 16.3 Å². The third-order valence-corrected chi connectivity index (χ3v) is 7.30. The lowest BCUT2D eigenvalue weighted by atomic mass is 9.92. The van der Waals surface area contributed by atoms with E-state index in [1.807, 2.05) is 0 Å². The number of H-pyrrole nitrogens is 1. The monoisotopic (exact) mass is 563 g/mol. The van der Waals surface area contributed by atoms with E-state index < -0.39 is 11.9 Å². The number of nitrogens with one attached hydrogen (secondary N) is 2. The molecule has 40 heavy (non-hydrogen) atoms. The lowest BCUT2D eigenvalue weighted by molar-refractivity contribution is -0.129. The average molecular weight is 564 g/mol. The number of benzene rings is 1. The van der Waals surface area contributed by atoms with Gasteiger partial charge < -0.3 is 14.6 Å². The van der Waals surface area contributed by atoms with E-state index in [1.165, 1.54) is 23.2 Å². The van der Waals surface area contributed by atoms with Crippen LogP contribution in [0.5, 0.6) is 0 Å². The maximum absolute atomic E-state index is 15.3. The van der Waals surface area contributed by atoms with Gasteiger partial charge >= 0.3 is 6.09 Å². The Balaban J connectivity index is 1.29. The molecule has 14 heteroatoms. The van der Waals surface area contributed by atoms with Crippen LogP contribution in [0, 0.1) is 5.82 Å². The third-order valence-electron chi connectivity index (χ3n) is 7.00. The molecule has 1 saturated heterocycles. The van der Waals surface area contributed by atoms with Crippen LogP contribution in [0.1, 0.15) is 43.6 Å². The van der Waals surface area contributed by atoms with Crippen molar-refractivity contribution >= 4 is 35.0 Å². The van der Waals surface area contributed by atoms with Crippen molar-refractivity contribution in [1.82, 2.24) is 40.1 Å². The van der Waals surface area contributed by atoms with Crippen LogP contribution in [0.3, 0.4) is 0 Å². The summed E-state index contributed by atoms with van der Waals surface area (Å²) in [7, 11) is 0. The van der Waals surface area contributed by atoms with Crippen LogP contribution < -0.4 is 5.32 Å². The number of anilines is 1. The molecular formula is C26H23ClFN9O3. The summed E-state index contributed by atoms with van der Waals surface area (Å²) in [4.78, 5) is 39.3. The molecule has 2 atom stereocenters. The molecule has 0 unspecified atom stereocenters. The molecule has 6 rings (SSSR count). The summed E-state index contributed by atoms with van der Waals surface area (Å²) in [5.74, 6) is 0.0526. The highest BCUT2D eigenvalue weighted by Crippen LogP contribution is 2.44. The Kier molecular flexibility index (Phi) is 6.72. The summed E-state index contributed by atoms with van der Waals surface area (Å²) in [5, 5.41) is 13.8. The number of amides is 2. The summed E-state index contributed by atoms with van der Waals surface area (Å²) in [5.41, 5.74) is 2.39. The number of nitrogens with zero attached hydrogens (tertiary/aromatic N) is 7. The van der Waals surface area contributed by atoms with Gasteiger partial charge in [0.2, 0.25) is 5.91 Å². The molecule has 2 N–H and O–H groups in total. The van der Waals surface area contributed by atoms with Crippen LogP contribution in [0.15, 0.2) is 49.1 Å². The van der Waals surface area contributed by atoms with Crippen molar-refractivity contribution in [3.8, 4) is 16.9 Å². The molecule has 5 heterocycles. The topological polar surface area (TPSA) is 144 Å². The number of carbonyl (C=O) groups is 2. The highest BCUT2D eigenvalue weighted by Gasteiger charge is 2.42. The predicted molar refractivity (Wildman–Crippen MR) is 142 cm³/mol. The SMILES string of the molecule is CCOC(=O)Nc1ncccc1-c1cnc([C@@H]2CC[C@H]3CC(c4c(-n5cnnn5)ccc(Cl)c4F)=CC(=O)N32)[nH]1. The van der Waals surface area contributed by atoms with E-state index in [-0.39, 0.29) is 35.2 Å². The Hall–Kier alpha value is -4.65. The molecule has 0 bridgehead atoms. The summed E-state index contributed by atoms with van der Waals surface area (Å²) < 4.78 is 21.7. The van der Waals surface area contributed by atoms with Crippen molar-refractivity contribution in [3.05, 3.63) is 71.3 Å². The zero-order valence-corrected chi connectivity index (χ0v) is 22.0. The van der Waals surface area contributed by atoms with Crippen molar-refractivity contribution in [2.45, 2.75) is 38.3 Å². The van der Waals surface area contributed by atoms with Gasteiger partial charge in [0.25, 0.3) is 0 Å². The highest BCUT2D eigenvalue weighted by molar-refractivity contribution is 6.31. The molecule has 2 aliphatic heterocycles. The second-order valence-electron chi connectivity index (χ2n) is 9.30. The van der Waals surface area contributed by atoms with Gasteiger partial charge in [-0.15, -0.1) is 5.10 Å². The van der Waals surface area contributed by atoms with Gasteiger partial charge in [-0.1, -0.05) is 11.6 Å². The van der Waals surface area contributed by atoms with E-state index in [2.05, 4.69) is 35.8 Å². The molecule has 0 aliphatic carbocycles. The molecule has 1 fully saturated rings. The number of aromatic nitrogens is 7. The van der Waals surface area contributed by atoms with E-state index >= 15 is 4.39 Å². The van der Waals surface area contributed by atoms with Gasteiger partial charge in [0.05, 0.1) is 35.2 Å². The minimum absolute atomic E-state index is 0.0535. The summed E-state index contributed by atoms with van der Waals surface area (Å²) >= 11 is 6.12. The Morgan fingerprint density at radius 1 is 1.27 bits per heavy atom. The molecular weight excluding hydrogens is 541 g/mol. The molecule has 4 aromatic rings. The second-order valence-corrected chi connectivity index (χ2v) is 9.71. The number of tetrazole rings is 1. The van der Waals surface area contributed by atoms with Gasteiger partial charge in [-0.3, -0.25) is 10.1 Å². The molecule has 3 aromatic heterocycles. The zero-order valence-electron chi connectivity index (χ0n) is 21.2. The zero-order chi connectivity index (χ0) is 27.8. The van der Waals surface area contributed by atoms with E-state index in [0.29, 0.717) is 53.4 Å². The normalized spacial score (nSPS) is 18.4. The lowest BCUT2D eigenvalue weighted by Crippen LogP contribution is -2.39. The fourth-order valence-corrected chi connectivity index (χ4v) is 5.49. The van der Waals surface area contributed by atoms with Gasteiger partial charge in [0, 0.05) is 29.4 Å². The molecule has 1 aromatic carbocycles. The van der Waals surface area contributed by atoms with Crippen LogP contribution in [0.25, 0.3) is 22.5 Å². The molecule has 0 radical (unpaired) electrons. The predicted octanol–water partition coefficient (Wildman–Crippen LogP) is 4.33. The van der Waals surface area contributed by atoms with Crippen LogP contribution in [-0.2, 0) is 9.53 Å². The average Bonchev–Trinajstić information content (AvgIpc) is 3.71. The number of hydrogen-bond acceptors (Lipinski definition) is 8. The van der Waals surface area contributed by atoms with Gasteiger partial charge in [0.15, 0.2) is 5.82 Å². The quantitative estimate of drug-likeness (QED) is 0.353. The molecule has 204 valence electrons. The largest absolute Gasteiger partial charge is 0.450 e. The first-order valence-corrected chi connectivity index (χ1v) is 13.0.